The highest BCUT2D eigenvalue weighted by atomic mass is 32.1. The summed E-state index contributed by atoms with van der Waals surface area (Å²) in [7, 11) is 0. The van der Waals surface area contributed by atoms with E-state index in [9.17, 15) is 5.11 Å². The minimum atomic E-state index is -0.456. The summed E-state index contributed by atoms with van der Waals surface area (Å²) in [4.78, 5) is 11.6. The Labute approximate surface area is 189 Å². The van der Waals surface area contributed by atoms with Gasteiger partial charge in [-0.3, -0.25) is 4.52 Å². The average molecular weight is 449 g/mol. The fraction of sp³-hybridized carbons (Fsp3) is 0.304. The van der Waals surface area contributed by atoms with Crippen LogP contribution in [0.5, 0.6) is 0 Å². The first kappa shape index (κ1) is 20.4. The molecule has 5 rings (SSSR count). The molecular weight excluding hydrogens is 424 g/mol. The van der Waals surface area contributed by atoms with Crippen LogP contribution in [0.4, 0.5) is 11.6 Å². The van der Waals surface area contributed by atoms with Gasteiger partial charge < -0.3 is 10.8 Å². The molecule has 9 heteroatoms. The lowest BCUT2D eigenvalue weighted by atomic mass is 10.0. The van der Waals surface area contributed by atoms with E-state index in [1.807, 2.05) is 13.0 Å². The van der Waals surface area contributed by atoms with Gasteiger partial charge >= 0.3 is 5.88 Å². The number of nitrogens with zero attached hydrogens (tertiary/aromatic N) is 5. The van der Waals surface area contributed by atoms with Crippen molar-refractivity contribution in [2.45, 2.75) is 33.1 Å². The van der Waals surface area contributed by atoms with Gasteiger partial charge in [0.25, 0.3) is 6.20 Å². The number of hydrogen-bond donors (Lipinski definition) is 1. The summed E-state index contributed by atoms with van der Waals surface area (Å²) in [6.45, 7) is 5.86. The SMILES string of the molecule is Cc1ccc(-c2nc3sc(/C([O-])=N/c4c[n+](N5CCCCC5)no4)c(N)c3cc2C)cc1. The van der Waals surface area contributed by atoms with Crippen molar-refractivity contribution in [2.75, 3.05) is 23.8 Å². The van der Waals surface area contributed by atoms with E-state index in [4.69, 9.17) is 15.2 Å². The largest absolute Gasteiger partial charge is 0.857 e. The number of aromatic nitrogens is 3. The molecule has 0 aliphatic carbocycles. The number of piperidine rings is 1. The summed E-state index contributed by atoms with van der Waals surface area (Å²) in [5.74, 6) is -0.302. The molecule has 4 aromatic rings. The highest BCUT2D eigenvalue weighted by molar-refractivity contribution is 7.21. The molecule has 1 aliphatic heterocycles. The maximum absolute atomic E-state index is 12.9. The van der Waals surface area contributed by atoms with Crippen molar-refractivity contribution >= 4 is 39.0 Å². The van der Waals surface area contributed by atoms with Gasteiger partial charge in [0.05, 0.1) is 34.1 Å². The summed E-state index contributed by atoms with van der Waals surface area (Å²) in [5, 5.41) is 19.7. The van der Waals surface area contributed by atoms with Crippen LogP contribution in [0, 0.1) is 13.8 Å². The maximum atomic E-state index is 12.9. The van der Waals surface area contributed by atoms with E-state index in [1.165, 1.54) is 23.3 Å². The summed E-state index contributed by atoms with van der Waals surface area (Å²) >= 11 is 1.25. The van der Waals surface area contributed by atoms with Gasteiger partial charge in [-0.05, 0) is 44.7 Å². The van der Waals surface area contributed by atoms with Crippen molar-refractivity contribution in [3.05, 3.63) is 52.5 Å². The third-order valence-electron chi connectivity index (χ3n) is 5.71. The van der Waals surface area contributed by atoms with Crippen LogP contribution < -0.4 is 20.6 Å². The molecule has 0 amide bonds. The highest BCUT2D eigenvalue weighted by Gasteiger charge is 2.22. The van der Waals surface area contributed by atoms with Crippen molar-refractivity contribution in [1.29, 1.82) is 0 Å². The van der Waals surface area contributed by atoms with Gasteiger partial charge in [0.2, 0.25) is 5.27 Å². The third-order valence-corrected chi connectivity index (χ3v) is 6.81. The van der Waals surface area contributed by atoms with Crippen LogP contribution >= 0.6 is 11.3 Å². The zero-order valence-corrected chi connectivity index (χ0v) is 18.9. The lowest BCUT2D eigenvalue weighted by molar-refractivity contribution is -0.759. The number of anilines is 1. The highest BCUT2D eigenvalue weighted by Crippen LogP contribution is 2.36. The first-order valence-electron chi connectivity index (χ1n) is 10.7. The van der Waals surface area contributed by atoms with Crippen molar-refractivity contribution in [3.63, 3.8) is 0 Å². The van der Waals surface area contributed by atoms with Gasteiger partial charge in [-0.25, -0.2) is 9.98 Å². The van der Waals surface area contributed by atoms with Crippen LogP contribution in [0.2, 0.25) is 0 Å². The summed E-state index contributed by atoms with van der Waals surface area (Å²) in [6.07, 6.45) is 5.07. The first-order valence-corrected chi connectivity index (χ1v) is 11.5. The molecule has 1 aromatic carbocycles. The van der Waals surface area contributed by atoms with Gasteiger partial charge in [-0.2, -0.15) is 5.01 Å². The van der Waals surface area contributed by atoms with Crippen LogP contribution in [0.15, 0.2) is 46.0 Å². The number of aryl methyl sites for hydroxylation is 2. The number of thiophene rings is 1. The standard InChI is InChI=1S/C23H24N6O2S/c1-14-6-8-16(9-7-14)20-15(2)12-17-19(24)21(32-23(17)26-20)22(30)25-18-13-29(27-31-18)28-10-4-3-5-11-28/h6-9,12-13H,3-5,10-11H2,1-2H3,(H2-,24,25,27,30). The Morgan fingerprint density at radius 2 is 1.94 bits per heavy atom. The van der Waals surface area contributed by atoms with Gasteiger partial charge in [0, 0.05) is 16.8 Å². The molecule has 4 heterocycles. The lowest BCUT2D eigenvalue weighted by Crippen LogP contribution is -2.60. The zero-order chi connectivity index (χ0) is 22.2. The fourth-order valence-electron chi connectivity index (χ4n) is 3.95. The Morgan fingerprint density at radius 3 is 2.69 bits per heavy atom. The maximum Gasteiger partial charge on any atom is 0.324 e. The van der Waals surface area contributed by atoms with Crippen LogP contribution in [-0.2, 0) is 0 Å². The number of nitrogen functional groups attached to an aromatic ring is 1. The Morgan fingerprint density at radius 1 is 1.19 bits per heavy atom. The Kier molecular flexibility index (Phi) is 5.26. The molecule has 8 nitrogen and oxygen atoms in total. The van der Waals surface area contributed by atoms with Crippen molar-refractivity contribution in [3.8, 4) is 11.3 Å². The number of aliphatic imine (C=N–C) groups is 1. The molecule has 3 aromatic heterocycles. The van der Waals surface area contributed by atoms with Crippen LogP contribution in [0.1, 0.15) is 35.3 Å². The monoisotopic (exact) mass is 448 g/mol. The lowest BCUT2D eigenvalue weighted by Gasteiger charge is -2.17. The smallest absolute Gasteiger partial charge is 0.324 e. The van der Waals surface area contributed by atoms with Gasteiger partial charge in [-0.1, -0.05) is 29.8 Å². The number of nitrogens with two attached hydrogens (primary N) is 1. The Hall–Kier alpha value is -3.46. The van der Waals surface area contributed by atoms with Crippen molar-refractivity contribution in [2.24, 2.45) is 4.99 Å². The molecular formula is C23H24N6O2S. The van der Waals surface area contributed by atoms with E-state index in [0.717, 1.165) is 48.1 Å². The molecule has 0 atom stereocenters. The van der Waals surface area contributed by atoms with E-state index in [0.29, 0.717) is 15.4 Å². The molecule has 0 spiro atoms. The average Bonchev–Trinajstić information content (AvgIpc) is 3.39. The number of fused-ring (bicyclic) bond motifs is 1. The number of rotatable bonds is 4. The van der Waals surface area contributed by atoms with Gasteiger partial charge in [0.1, 0.15) is 4.83 Å². The first-order chi connectivity index (χ1) is 15.5. The van der Waals surface area contributed by atoms with Crippen LogP contribution in [0.3, 0.4) is 0 Å². The quantitative estimate of drug-likeness (QED) is 0.292. The second-order valence-corrected chi connectivity index (χ2v) is 9.11. The van der Waals surface area contributed by atoms with Gasteiger partial charge in [-0.15, -0.1) is 11.3 Å². The van der Waals surface area contributed by atoms with E-state index in [2.05, 4.69) is 46.5 Å². The van der Waals surface area contributed by atoms with Crippen LogP contribution in [0.25, 0.3) is 21.5 Å². The number of hydrogen-bond acceptors (Lipinski definition) is 8. The third kappa shape index (κ3) is 3.80. The minimum absolute atomic E-state index is 0.155. The van der Waals surface area contributed by atoms with Crippen LogP contribution in [-0.4, -0.2) is 29.2 Å². The van der Waals surface area contributed by atoms with E-state index in [-0.39, 0.29) is 5.88 Å². The molecule has 2 N–H and O–H groups in total. The molecule has 0 saturated carbocycles. The topological polar surface area (TPSA) is 107 Å². The molecule has 164 valence electrons. The van der Waals surface area contributed by atoms with E-state index >= 15 is 0 Å². The summed E-state index contributed by atoms with van der Waals surface area (Å²) in [5.41, 5.74) is 10.8. The molecule has 0 unspecified atom stereocenters. The predicted molar refractivity (Wildman–Crippen MR) is 124 cm³/mol. The number of pyridine rings is 1. The second-order valence-electron chi connectivity index (χ2n) is 8.11. The van der Waals surface area contributed by atoms with E-state index in [1.54, 1.807) is 11.0 Å². The van der Waals surface area contributed by atoms with E-state index < -0.39 is 5.90 Å². The molecule has 1 fully saturated rings. The van der Waals surface area contributed by atoms with Gasteiger partial charge in [0.15, 0.2) is 0 Å². The fourth-order valence-corrected chi connectivity index (χ4v) is 4.91. The Bertz CT molecular complexity index is 1300. The minimum Gasteiger partial charge on any atom is -0.857 e. The normalized spacial score (nSPS) is 14.9. The van der Waals surface area contributed by atoms with Crippen molar-refractivity contribution < 1.29 is 14.4 Å². The zero-order valence-electron chi connectivity index (χ0n) is 18.0. The molecule has 32 heavy (non-hydrogen) atoms. The number of benzene rings is 1. The second kappa shape index (κ2) is 8.23. The summed E-state index contributed by atoms with van der Waals surface area (Å²) in [6, 6.07) is 10.2. The molecule has 1 aliphatic rings. The van der Waals surface area contributed by atoms with Crippen molar-refractivity contribution in [1.82, 2.24) is 10.3 Å². The summed E-state index contributed by atoms with van der Waals surface area (Å²) < 4.78 is 5.26. The predicted octanol–water partition coefficient (Wildman–Crippen LogP) is 3.00. The molecule has 0 radical (unpaired) electrons. The Balaban J connectivity index is 1.48. The molecule has 1 saturated heterocycles. The molecule has 0 bridgehead atoms.